The summed E-state index contributed by atoms with van der Waals surface area (Å²) in [5.74, 6) is -1.19. The van der Waals surface area contributed by atoms with Crippen LogP contribution in [-0.2, 0) is 20.8 Å². The molecule has 0 spiro atoms. The quantitative estimate of drug-likeness (QED) is 0.217. The van der Waals surface area contributed by atoms with Gasteiger partial charge >= 0.3 is 11.9 Å². The fraction of sp³-hybridized carbons (Fsp3) is 0.282. The number of para-hydroxylation sites is 1. The van der Waals surface area contributed by atoms with Crippen LogP contribution in [0.25, 0.3) is 0 Å². The van der Waals surface area contributed by atoms with E-state index in [4.69, 9.17) is 9.47 Å². The summed E-state index contributed by atoms with van der Waals surface area (Å²) in [7, 11) is 3.09. The first kappa shape index (κ1) is 34.7. The van der Waals surface area contributed by atoms with Gasteiger partial charge in [0.15, 0.2) is 0 Å². The Morgan fingerprint density at radius 1 is 0.653 bits per heavy atom. The highest BCUT2D eigenvalue weighted by atomic mass is 16.5. The highest BCUT2D eigenvalue weighted by molar-refractivity contribution is 5.97. The van der Waals surface area contributed by atoms with Crippen molar-refractivity contribution in [1.82, 2.24) is 9.80 Å². The molecule has 2 amide bonds. The Morgan fingerprint density at radius 2 is 1.24 bits per heavy atom. The fourth-order valence-corrected chi connectivity index (χ4v) is 6.75. The molecular weight excluding hydrogens is 624 g/mol. The largest absolute Gasteiger partial charge is 0.497 e. The predicted molar refractivity (Wildman–Crippen MR) is 182 cm³/mol. The molecule has 4 aromatic carbocycles. The summed E-state index contributed by atoms with van der Waals surface area (Å²) in [5.41, 5.74) is 3.12. The number of carboxylic acid groups (broad SMARTS) is 2. The summed E-state index contributed by atoms with van der Waals surface area (Å²) < 4.78 is 10.6. The molecule has 0 bridgehead atoms. The standard InChI is InChI=1S/C20H21NO5.C19H19NO3/c1-25-14-7-5-6-13(12-14)19(22)21-16(10-11-17(21)20(23)24)15-8-3-4-9-18(15)26-2;21-18(13-14-7-3-1-4-8-14)20-16(11-12-17(20)19(22)23)15-9-5-2-6-10-15/h3-9,12,16-17H,10-11H2,1-2H3,(H,23,24);1-10,16-17H,11-13H2,(H,22,23)/t2*16-,17+/m10/s1. The van der Waals surface area contributed by atoms with E-state index in [9.17, 15) is 29.4 Å². The summed E-state index contributed by atoms with van der Waals surface area (Å²) in [6.07, 6.45) is 2.37. The number of carbonyl (C=O) groups excluding carboxylic acids is 2. The van der Waals surface area contributed by atoms with Crippen LogP contribution in [-0.4, -0.2) is 70.1 Å². The van der Waals surface area contributed by atoms with Crippen molar-refractivity contribution in [2.75, 3.05) is 14.2 Å². The number of nitrogens with zero attached hydrogens (tertiary/aromatic N) is 2. The number of amides is 2. The van der Waals surface area contributed by atoms with Gasteiger partial charge < -0.3 is 29.5 Å². The van der Waals surface area contributed by atoms with Gasteiger partial charge in [0, 0.05) is 11.1 Å². The van der Waals surface area contributed by atoms with E-state index in [2.05, 4.69) is 0 Å². The Bertz CT molecular complexity index is 1760. The fourth-order valence-electron chi connectivity index (χ4n) is 6.75. The second-order valence-corrected chi connectivity index (χ2v) is 12.0. The number of benzene rings is 4. The van der Waals surface area contributed by atoms with Gasteiger partial charge in [-0.2, -0.15) is 0 Å². The third-order valence-corrected chi connectivity index (χ3v) is 9.06. The highest BCUT2D eigenvalue weighted by Gasteiger charge is 2.43. The first-order chi connectivity index (χ1) is 23.7. The molecule has 2 fully saturated rings. The molecule has 4 aromatic rings. The molecule has 0 aromatic heterocycles. The van der Waals surface area contributed by atoms with Crippen molar-refractivity contribution in [3.05, 3.63) is 131 Å². The molecule has 10 nitrogen and oxygen atoms in total. The van der Waals surface area contributed by atoms with E-state index in [-0.39, 0.29) is 30.3 Å². The average molecular weight is 665 g/mol. The van der Waals surface area contributed by atoms with Crippen LogP contribution in [0.5, 0.6) is 11.5 Å². The van der Waals surface area contributed by atoms with Crippen molar-refractivity contribution in [2.24, 2.45) is 0 Å². The summed E-state index contributed by atoms with van der Waals surface area (Å²) in [4.78, 5) is 52.3. The van der Waals surface area contributed by atoms with Crippen LogP contribution in [0, 0.1) is 0 Å². The molecule has 0 unspecified atom stereocenters. The lowest BCUT2D eigenvalue weighted by molar-refractivity contribution is -0.149. The lowest BCUT2D eigenvalue weighted by atomic mass is 10.0. The van der Waals surface area contributed by atoms with Gasteiger partial charge in [0.05, 0.1) is 32.7 Å². The van der Waals surface area contributed by atoms with Crippen molar-refractivity contribution in [3.8, 4) is 11.5 Å². The van der Waals surface area contributed by atoms with Crippen LogP contribution in [0.15, 0.2) is 109 Å². The lowest BCUT2D eigenvalue weighted by Crippen LogP contribution is -2.42. The smallest absolute Gasteiger partial charge is 0.326 e. The summed E-state index contributed by atoms with van der Waals surface area (Å²) >= 11 is 0. The van der Waals surface area contributed by atoms with Crippen molar-refractivity contribution in [1.29, 1.82) is 0 Å². The minimum Gasteiger partial charge on any atom is -0.497 e. The molecular formula is C39H40N2O8. The number of methoxy groups -OCH3 is 2. The predicted octanol–water partition coefficient (Wildman–Crippen LogP) is 6.18. The molecule has 0 aliphatic carbocycles. The number of ether oxygens (including phenoxy) is 2. The van der Waals surface area contributed by atoms with Gasteiger partial charge in [0.1, 0.15) is 23.6 Å². The molecule has 254 valence electrons. The van der Waals surface area contributed by atoms with Crippen molar-refractivity contribution in [2.45, 2.75) is 56.3 Å². The van der Waals surface area contributed by atoms with E-state index < -0.39 is 24.0 Å². The molecule has 2 saturated heterocycles. The Labute approximate surface area is 285 Å². The van der Waals surface area contributed by atoms with Crippen LogP contribution in [0.2, 0.25) is 0 Å². The number of aliphatic carboxylic acids is 2. The zero-order valence-electron chi connectivity index (χ0n) is 27.5. The normalized spacial score (nSPS) is 19.8. The maximum absolute atomic E-state index is 13.2. The summed E-state index contributed by atoms with van der Waals surface area (Å²) in [5, 5.41) is 19.1. The third-order valence-electron chi connectivity index (χ3n) is 9.06. The van der Waals surface area contributed by atoms with Crippen LogP contribution >= 0.6 is 0 Å². The second kappa shape index (κ2) is 16.0. The van der Waals surface area contributed by atoms with Crippen molar-refractivity contribution < 1.29 is 38.9 Å². The molecule has 0 saturated carbocycles. The molecule has 2 N–H and O–H groups in total. The Kier molecular flexibility index (Phi) is 11.3. The number of likely N-dealkylation sites (tertiary alicyclic amines) is 2. The van der Waals surface area contributed by atoms with Gasteiger partial charge in [0.2, 0.25) is 5.91 Å². The topological polar surface area (TPSA) is 134 Å². The molecule has 2 aliphatic heterocycles. The summed E-state index contributed by atoms with van der Waals surface area (Å²) in [6.45, 7) is 0. The molecule has 4 atom stereocenters. The van der Waals surface area contributed by atoms with E-state index >= 15 is 0 Å². The van der Waals surface area contributed by atoms with Crippen LogP contribution in [0.4, 0.5) is 0 Å². The van der Waals surface area contributed by atoms with Crippen LogP contribution in [0.1, 0.15) is 64.8 Å². The number of hydrogen-bond donors (Lipinski definition) is 2. The first-order valence-corrected chi connectivity index (χ1v) is 16.2. The first-order valence-electron chi connectivity index (χ1n) is 16.2. The highest BCUT2D eigenvalue weighted by Crippen LogP contribution is 2.41. The molecule has 6 rings (SSSR count). The Hall–Kier alpha value is -5.64. The SMILES string of the molecule is COc1cccc(C(=O)N2[C@@H](c3ccccc3OC)CC[C@H]2C(=O)O)c1.O=C(O)[C@H]1CC[C@@H](c2ccccc2)N1C(=O)Cc1ccccc1. The zero-order valence-corrected chi connectivity index (χ0v) is 27.5. The van der Waals surface area contributed by atoms with Crippen LogP contribution in [0.3, 0.4) is 0 Å². The monoisotopic (exact) mass is 664 g/mol. The lowest BCUT2D eigenvalue weighted by Gasteiger charge is -2.29. The minimum absolute atomic E-state index is 0.130. The van der Waals surface area contributed by atoms with Gasteiger partial charge in [-0.3, -0.25) is 9.59 Å². The third kappa shape index (κ3) is 7.92. The number of carbonyl (C=O) groups is 4. The van der Waals surface area contributed by atoms with E-state index in [1.807, 2.05) is 84.9 Å². The van der Waals surface area contributed by atoms with E-state index in [1.54, 1.807) is 36.3 Å². The van der Waals surface area contributed by atoms with Gasteiger partial charge in [-0.1, -0.05) is 84.9 Å². The number of hydrogen-bond acceptors (Lipinski definition) is 6. The van der Waals surface area contributed by atoms with E-state index in [0.29, 0.717) is 42.7 Å². The minimum atomic E-state index is -1.00. The second-order valence-electron chi connectivity index (χ2n) is 12.0. The van der Waals surface area contributed by atoms with Crippen LogP contribution < -0.4 is 9.47 Å². The zero-order chi connectivity index (χ0) is 34.9. The van der Waals surface area contributed by atoms with E-state index in [1.165, 1.54) is 12.0 Å². The number of rotatable bonds is 9. The van der Waals surface area contributed by atoms with Gasteiger partial charge in [-0.25, -0.2) is 9.59 Å². The molecule has 2 heterocycles. The number of carboxylic acids is 2. The van der Waals surface area contributed by atoms with Gasteiger partial charge in [-0.05, 0) is 61.1 Å². The average Bonchev–Trinajstić information content (AvgIpc) is 3.79. The van der Waals surface area contributed by atoms with Crippen molar-refractivity contribution in [3.63, 3.8) is 0 Å². The summed E-state index contributed by atoms with van der Waals surface area (Å²) in [6, 6.07) is 31.1. The molecule has 10 heteroatoms. The molecule has 49 heavy (non-hydrogen) atoms. The van der Waals surface area contributed by atoms with Crippen molar-refractivity contribution >= 4 is 23.8 Å². The van der Waals surface area contributed by atoms with Gasteiger partial charge in [0.25, 0.3) is 5.91 Å². The Balaban J connectivity index is 0.000000192. The molecule has 0 radical (unpaired) electrons. The van der Waals surface area contributed by atoms with Gasteiger partial charge in [-0.15, -0.1) is 0 Å². The maximum Gasteiger partial charge on any atom is 0.326 e. The van der Waals surface area contributed by atoms with E-state index in [0.717, 1.165) is 16.7 Å². The molecule has 2 aliphatic rings. The maximum atomic E-state index is 13.2. The Morgan fingerprint density at radius 3 is 1.88 bits per heavy atom.